The number of imidazole rings is 1. The van der Waals surface area contributed by atoms with Crippen molar-refractivity contribution >= 4 is 29.0 Å². The first-order valence-corrected chi connectivity index (χ1v) is 6.30. The highest BCUT2D eigenvalue weighted by Gasteiger charge is 2.11. The summed E-state index contributed by atoms with van der Waals surface area (Å²) in [5.41, 5.74) is 5.20. The molecule has 1 heterocycles. The summed E-state index contributed by atoms with van der Waals surface area (Å²) in [6, 6.07) is 0. The van der Waals surface area contributed by atoms with Crippen molar-refractivity contribution in [1.29, 1.82) is 0 Å². The molecule has 0 aromatic carbocycles. The van der Waals surface area contributed by atoms with Gasteiger partial charge in [-0.05, 0) is 12.8 Å². The summed E-state index contributed by atoms with van der Waals surface area (Å²) >= 11 is 4.59. The van der Waals surface area contributed by atoms with Crippen LogP contribution in [0.15, 0.2) is 18.7 Å². The Morgan fingerprint density at radius 3 is 2.63 bits per heavy atom. The number of hydrogen-bond acceptors (Lipinski definition) is 4. The summed E-state index contributed by atoms with van der Waals surface area (Å²) in [5, 5.41) is 4.84. The van der Waals surface area contributed by atoms with E-state index in [2.05, 4.69) is 27.8 Å². The Balaban J connectivity index is 2.06. The van der Waals surface area contributed by atoms with Gasteiger partial charge in [0, 0.05) is 25.5 Å². The van der Waals surface area contributed by atoms with Gasteiger partial charge in [-0.2, -0.15) is 0 Å². The lowest BCUT2D eigenvalue weighted by Gasteiger charge is -2.06. The van der Waals surface area contributed by atoms with Crippen LogP contribution in [0.5, 0.6) is 0 Å². The number of rotatable bonds is 7. The number of thiocarbonyl (C=S) groups is 1. The number of aromatic nitrogens is 2. The van der Waals surface area contributed by atoms with Gasteiger partial charge in [0.25, 0.3) is 0 Å². The predicted octanol–water partition coefficient (Wildman–Crippen LogP) is -0.818. The van der Waals surface area contributed by atoms with E-state index < -0.39 is 11.8 Å². The zero-order valence-electron chi connectivity index (χ0n) is 10.5. The minimum atomic E-state index is -0.720. The maximum absolute atomic E-state index is 11.3. The molecule has 104 valence electrons. The van der Waals surface area contributed by atoms with Gasteiger partial charge in [-0.3, -0.25) is 9.59 Å². The van der Waals surface area contributed by atoms with Crippen molar-refractivity contribution in [1.82, 2.24) is 20.2 Å². The maximum atomic E-state index is 11.3. The van der Waals surface area contributed by atoms with Crippen molar-refractivity contribution in [2.24, 2.45) is 5.73 Å². The van der Waals surface area contributed by atoms with E-state index in [1.165, 1.54) is 0 Å². The molecule has 0 atom stereocenters. The third-order valence-electron chi connectivity index (χ3n) is 2.32. The second kappa shape index (κ2) is 8.20. The Morgan fingerprint density at radius 1 is 1.26 bits per heavy atom. The maximum Gasteiger partial charge on any atom is 0.309 e. The summed E-state index contributed by atoms with van der Waals surface area (Å²) in [4.78, 5) is 26.6. The molecule has 0 fully saturated rings. The molecule has 0 saturated heterocycles. The fourth-order valence-electron chi connectivity index (χ4n) is 1.37. The van der Waals surface area contributed by atoms with Crippen molar-refractivity contribution in [2.45, 2.75) is 19.4 Å². The van der Waals surface area contributed by atoms with E-state index in [0.29, 0.717) is 6.54 Å². The predicted molar refractivity (Wildman–Crippen MR) is 74.3 cm³/mol. The van der Waals surface area contributed by atoms with Gasteiger partial charge in [-0.1, -0.05) is 12.2 Å². The first-order valence-electron chi connectivity index (χ1n) is 5.89. The standard InChI is InChI=1S/C11H17N5O2S/c12-9(19)7-15-11(18)10(17)14-3-1-2-5-16-6-4-13-8-16/h4,6,8H,1-3,5,7H2,(H2,12,19)(H,14,17)(H,15,18). The molecule has 0 radical (unpaired) electrons. The minimum Gasteiger partial charge on any atom is -0.392 e. The fourth-order valence-corrected chi connectivity index (χ4v) is 1.44. The molecule has 0 unspecified atom stereocenters. The number of carbonyl (C=O) groups is 2. The fraction of sp³-hybridized carbons (Fsp3) is 0.455. The topological polar surface area (TPSA) is 102 Å². The van der Waals surface area contributed by atoms with Crippen LogP contribution in [-0.2, 0) is 16.1 Å². The van der Waals surface area contributed by atoms with Crippen LogP contribution in [0.2, 0.25) is 0 Å². The zero-order chi connectivity index (χ0) is 14.1. The van der Waals surface area contributed by atoms with Crippen molar-refractivity contribution in [3.63, 3.8) is 0 Å². The lowest BCUT2D eigenvalue weighted by atomic mass is 10.3. The van der Waals surface area contributed by atoms with Gasteiger partial charge >= 0.3 is 11.8 Å². The normalized spacial score (nSPS) is 9.89. The molecule has 1 aromatic heterocycles. The largest absolute Gasteiger partial charge is 0.392 e. The summed E-state index contributed by atoms with van der Waals surface area (Å²) in [6.45, 7) is 1.32. The summed E-state index contributed by atoms with van der Waals surface area (Å²) < 4.78 is 1.96. The Hall–Kier alpha value is -1.96. The van der Waals surface area contributed by atoms with Crippen LogP contribution >= 0.6 is 12.2 Å². The van der Waals surface area contributed by atoms with E-state index >= 15 is 0 Å². The van der Waals surface area contributed by atoms with E-state index in [-0.39, 0.29) is 11.5 Å². The van der Waals surface area contributed by atoms with Crippen LogP contribution in [0, 0.1) is 0 Å². The number of hydrogen-bond donors (Lipinski definition) is 3. The molecule has 0 saturated carbocycles. The van der Waals surface area contributed by atoms with Crippen LogP contribution < -0.4 is 16.4 Å². The van der Waals surface area contributed by atoms with E-state index in [4.69, 9.17) is 5.73 Å². The molecule has 0 spiro atoms. The Labute approximate surface area is 116 Å². The number of carbonyl (C=O) groups excluding carboxylic acids is 2. The zero-order valence-corrected chi connectivity index (χ0v) is 11.3. The summed E-state index contributed by atoms with van der Waals surface area (Å²) in [7, 11) is 0. The molecule has 1 aromatic rings. The third-order valence-corrected chi connectivity index (χ3v) is 2.46. The molecular weight excluding hydrogens is 266 g/mol. The molecule has 0 bridgehead atoms. The molecule has 2 amide bonds. The first kappa shape index (κ1) is 15.1. The summed E-state index contributed by atoms with van der Waals surface area (Å²) in [6.07, 6.45) is 7.01. The Bertz CT molecular complexity index is 432. The molecule has 19 heavy (non-hydrogen) atoms. The number of nitrogens with two attached hydrogens (primary N) is 1. The van der Waals surface area contributed by atoms with Crippen molar-refractivity contribution in [3.8, 4) is 0 Å². The minimum absolute atomic E-state index is 0.0300. The number of amides is 2. The van der Waals surface area contributed by atoms with Crippen LogP contribution in [-0.4, -0.2) is 39.4 Å². The van der Waals surface area contributed by atoms with Crippen LogP contribution in [0.3, 0.4) is 0 Å². The lowest BCUT2D eigenvalue weighted by molar-refractivity contribution is -0.139. The van der Waals surface area contributed by atoms with Crippen LogP contribution in [0.4, 0.5) is 0 Å². The molecule has 4 N–H and O–H groups in total. The van der Waals surface area contributed by atoms with Gasteiger partial charge < -0.3 is 20.9 Å². The molecule has 0 aliphatic rings. The van der Waals surface area contributed by atoms with Crippen molar-refractivity contribution in [2.75, 3.05) is 13.1 Å². The molecule has 0 aliphatic carbocycles. The Kier molecular flexibility index (Phi) is 6.51. The van der Waals surface area contributed by atoms with Gasteiger partial charge in [0.1, 0.15) is 0 Å². The second-order valence-electron chi connectivity index (χ2n) is 3.91. The van der Waals surface area contributed by atoms with E-state index in [9.17, 15) is 9.59 Å². The van der Waals surface area contributed by atoms with Crippen LogP contribution in [0.1, 0.15) is 12.8 Å². The quantitative estimate of drug-likeness (QED) is 0.345. The average molecular weight is 283 g/mol. The van der Waals surface area contributed by atoms with Gasteiger partial charge in [0.05, 0.1) is 17.9 Å². The van der Waals surface area contributed by atoms with Gasteiger partial charge in [0.2, 0.25) is 0 Å². The van der Waals surface area contributed by atoms with E-state index in [1.807, 2.05) is 10.8 Å². The van der Waals surface area contributed by atoms with Gasteiger partial charge in [0.15, 0.2) is 0 Å². The summed E-state index contributed by atoms with van der Waals surface area (Å²) in [5.74, 6) is -1.39. The van der Waals surface area contributed by atoms with Crippen LogP contribution in [0.25, 0.3) is 0 Å². The van der Waals surface area contributed by atoms with Gasteiger partial charge in [-0.15, -0.1) is 0 Å². The lowest BCUT2D eigenvalue weighted by Crippen LogP contribution is -2.43. The smallest absolute Gasteiger partial charge is 0.309 e. The first-order chi connectivity index (χ1) is 9.09. The Morgan fingerprint density at radius 2 is 2.00 bits per heavy atom. The average Bonchev–Trinajstić information content (AvgIpc) is 2.88. The molecule has 0 aliphatic heterocycles. The molecular formula is C11H17N5O2S. The van der Waals surface area contributed by atoms with Crippen molar-refractivity contribution in [3.05, 3.63) is 18.7 Å². The van der Waals surface area contributed by atoms with Crippen molar-refractivity contribution < 1.29 is 9.59 Å². The van der Waals surface area contributed by atoms with Gasteiger partial charge in [-0.25, -0.2) is 4.98 Å². The monoisotopic (exact) mass is 283 g/mol. The van der Waals surface area contributed by atoms with E-state index in [1.54, 1.807) is 12.5 Å². The highest BCUT2D eigenvalue weighted by atomic mass is 32.1. The second-order valence-corrected chi connectivity index (χ2v) is 4.44. The number of nitrogens with one attached hydrogen (secondary N) is 2. The molecule has 8 heteroatoms. The third kappa shape index (κ3) is 6.51. The number of aryl methyl sites for hydroxylation is 1. The number of unbranched alkanes of at least 4 members (excludes halogenated alkanes) is 1. The van der Waals surface area contributed by atoms with E-state index in [0.717, 1.165) is 19.4 Å². The molecule has 7 nitrogen and oxygen atoms in total. The SMILES string of the molecule is NC(=S)CNC(=O)C(=O)NCCCCn1ccnc1. The number of nitrogens with zero attached hydrogens (tertiary/aromatic N) is 2. The highest BCUT2D eigenvalue weighted by Crippen LogP contribution is 1.93. The molecule has 1 rings (SSSR count). The highest BCUT2D eigenvalue weighted by molar-refractivity contribution is 7.80.